The average Bonchev–Trinajstić information content (AvgIpc) is 2.83. The zero-order valence-electron chi connectivity index (χ0n) is 22.0. The molecule has 0 amide bonds. The highest BCUT2D eigenvalue weighted by Gasteiger charge is 2.20. The van der Waals surface area contributed by atoms with E-state index in [1.807, 2.05) is 32.9 Å². The summed E-state index contributed by atoms with van der Waals surface area (Å²) in [5.74, 6) is -0.286. The minimum Gasteiger partial charge on any atom is -0.469 e. The van der Waals surface area contributed by atoms with E-state index in [9.17, 15) is 9.59 Å². The zero-order valence-corrected chi connectivity index (χ0v) is 22.0. The van der Waals surface area contributed by atoms with Crippen LogP contribution in [0.5, 0.6) is 0 Å². The predicted octanol–water partition coefficient (Wildman–Crippen LogP) is 3.41. The normalized spacial score (nSPS) is 20.3. The number of ether oxygens (including phenoxy) is 1. The topological polar surface area (TPSA) is 86.6 Å². The van der Waals surface area contributed by atoms with Crippen LogP contribution in [-0.2, 0) is 14.3 Å². The van der Waals surface area contributed by atoms with E-state index < -0.39 is 0 Å². The number of esters is 1. The van der Waals surface area contributed by atoms with Crippen molar-refractivity contribution in [3.05, 3.63) is 59.2 Å². The minimum atomic E-state index is -0.274. The Balaban J connectivity index is 1.90. The molecule has 1 aliphatic carbocycles. The molecule has 0 radical (unpaired) electrons. The van der Waals surface area contributed by atoms with Crippen LogP contribution in [0.4, 0.5) is 0 Å². The zero-order chi connectivity index (χ0) is 26.0. The number of hydrogen-bond acceptors (Lipinski definition) is 8. The Bertz CT molecular complexity index is 1010. The van der Waals surface area contributed by atoms with Crippen molar-refractivity contribution in [1.82, 2.24) is 15.1 Å². The van der Waals surface area contributed by atoms with Crippen LogP contribution in [0.15, 0.2) is 69.2 Å². The van der Waals surface area contributed by atoms with Gasteiger partial charge in [-0.2, -0.15) is 0 Å². The SMILES string of the molecule is C=C/N=C1/C(C(C)=O)=CC=C/C1=C(/C)NCCN1CCN(/C(C)=C(C)/N=C(\C)CC(=O)OC)CC1. The van der Waals surface area contributed by atoms with Crippen molar-refractivity contribution in [2.24, 2.45) is 9.98 Å². The van der Waals surface area contributed by atoms with Crippen LogP contribution >= 0.6 is 0 Å². The molecule has 0 spiro atoms. The second-order valence-electron chi connectivity index (χ2n) is 8.72. The third-order valence-corrected chi connectivity index (χ3v) is 6.21. The van der Waals surface area contributed by atoms with Crippen LogP contribution in [0.25, 0.3) is 0 Å². The van der Waals surface area contributed by atoms with Gasteiger partial charge in [-0.05, 0) is 40.7 Å². The number of Topliss-reactive ketones (excluding diaryl/α,β-unsaturated/α-hetero) is 1. The summed E-state index contributed by atoms with van der Waals surface area (Å²) >= 11 is 0. The average molecular weight is 482 g/mol. The molecule has 2 rings (SSSR count). The molecule has 0 aromatic carbocycles. The summed E-state index contributed by atoms with van der Waals surface area (Å²) in [6, 6.07) is 0. The highest BCUT2D eigenvalue weighted by atomic mass is 16.5. The van der Waals surface area contributed by atoms with E-state index in [0.717, 1.165) is 67.6 Å². The summed E-state index contributed by atoms with van der Waals surface area (Å²) in [7, 11) is 1.39. The fourth-order valence-electron chi connectivity index (χ4n) is 4.08. The summed E-state index contributed by atoms with van der Waals surface area (Å²) in [5.41, 5.74) is 5.99. The Morgan fingerprint density at radius 2 is 1.83 bits per heavy atom. The second kappa shape index (κ2) is 13.6. The number of piperazine rings is 1. The first-order chi connectivity index (χ1) is 16.7. The number of aliphatic imine (C=N–C) groups is 2. The number of nitrogens with zero attached hydrogens (tertiary/aromatic N) is 4. The standard InChI is InChI=1S/C27H39N5O3/c1-8-28-27-24(10-9-11-25(27)23(6)33)21(4)29-12-13-31-14-16-32(17-15-31)22(5)20(3)30-19(2)18-26(34)35-7/h8-11,29H,1,12-18H2,2-7H3/b22-20+,24-21+,28-27+,30-19+. The summed E-state index contributed by atoms with van der Waals surface area (Å²) in [6.45, 7) is 18.7. The van der Waals surface area contributed by atoms with Gasteiger partial charge in [-0.1, -0.05) is 18.7 Å². The fraction of sp³-hybridized carbons (Fsp3) is 0.481. The van der Waals surface area contributed by atoms with Gasteiger partial charge in [0.2, 0.25) is 0 Å². The first-order valence-electron chi connectivity index (χ1n) is 12.0. The van der Waals surface area contributed by atoms with Gasteiger partial charge >= 0.3 is 5.97 Å². The monoisotopic (exact) mass is 481 g/mol. The number of hydrogen-bond donors (Lipinski definition) is 1. The van der Waals surface area contributed by atoms with E-state index in [-0.39, 0.29) is 18.2 Å². The van der Waals surface area contributed by atoms with E-state index in [4.69, 9.17) is 4.74 Å². The highest BCUT2D eigenvalue weighted by molar-refractivity contribution is 6.30. The van der Waals surface area contributed by atoms with E-state index in [2.05, 4.69) is 38.6 Å². The molecule has 0 saturated carbocycles. The van der Waals surface area contributed by atoms with Crippen LogP contribution in [0.2, 0.25) is 0 Å². The van der Waals surface area contributed by atoms with Crippen LogP contribution in [0.1, 0.15) is 41.0 Å². The molecule has 1 fully saturated rings. The Labute approximate surface area is 209 Å². The molecule has 0 unspecified atom stereocenters. The Hall–Kier alpha value is -3.26. The number of ketones is 1. The minimum absolute atomic E-state index is 0.0120. The second-order valence-corrected chi connectivity index (χ2v) is 8.72. The van der Waals surface area contributed by atoms with Crippen LogP contribution in [-0.4, -0.2) is 79.4 Å². The lowest BCUT2D eigenvalue weighted by Crippen LogP contribution is -2.47. The lowest BCUT2D eigenvalue weighted by atomic mass is 9.93. The molecule has 2 aliphatic rings. The number of carbonyl (C=O) groups is 2. The van der Waals surface area contributed by atoms with Gasteiger partial charge in [-0.15, -0.1) is 0 Å². The van der Waals surface area contributed by atoms with Crippen molar-refractivity contribution in [1.29, 1.82) is 0 Å². The van der Waals surface area contributed by atoms with Crippen molar-refractivity contribution >= 4 is 23.2 Å². The Morgan fingerprint density at radius 1 is 1.14 bits per heavy atom. The molecule has 0 atom stereocenters. The molecule has 35 heavy (non-hydrogen) atoms. The van der Waals surface area contributed by atoms with E-state index in [1.165, 1.54) is 13.3 Å². The molecule has 1 saturated heterocycles. The summed E-state index contributed by atoms with van der Waals surface area (Å²) in [5, 5.41) is 3.50. The molecule has 8 heteroatoms. The molecule has 1 aliphatic heterocycles. The molecule has 0 aromatic heterocycles. The lowest BCUT2D eigenvalue weighted by molar-refractivity contribution is -0.139. The van der Waals surface area contributed by atoms with Crippen molar-refractivity contribution in [3.8, 4) is 0 Å². The fourth-order valence-corrected chi connectivity index (χ4v) is 4.08. The summed E-state index contributed by atoms with van der Waals surface area (Å²) < 4.78 is 4.71. The van der Waals surface area contributed by atoms with E-state index in [0.29, 0.717) is 11.3 Å². The van der Waals surface area contributed by atoms with Crippen molar-refractivity contribution in [2.45, 2.75) is 41.0 Å². The predicted molar refractivity (Wildman–Crippen MR) is 142 cm³/mol. The maximum absolute atomic E-state index is 12.0. The van der Waals surface area contributed by atoms with Crippen molar-refractivity contribution in [2.75, 3.05) is 46.4 Å². The maximum Gasteiger partial charge on any atom is 0.311 e. The lowest BCUT2D eigenvalue weighted by Gasteiger charge is -2.37. The van der Waals surface area contributed by atoms with E-state index >= 15 is 0 Å². The van der Waals surface area contributed by atoms with Gasteiger partial charge in [-0.25, -0.2) is 0 Å². The first-order valence-corrected chi connectivity index (χ1v) is 12.0. The van der Waals surface area contributed by atoms with Gasteiger partial charge in [0.1, 0.15) is 0 Å². The molecule has 1 N–H and O–H groups in total. The number of nitrogens with one attached hydrogen (secondary N) is 1. The van der Waals surface area contributed by atoms with Crippen molar-refractivity contribution in [3.63, 3.8) is 0 Å². The molecule has 190 valence electrons. The largest absolute Gasteiger partial charge is 0.469 e. The smallest absolute Gasteiger partial charge is 0.311 e. The van der Waals surface area contributed by atoms with Gasteiger partial charge in [0, 0.05) is 73.7 Å². The van der Waals surface area contributed by atoms with Crippen LogP contribution < -0.4 is 5.32 Å². The molecule has 1 heterocycles. The third-order valence-electron chi connectivity index (χ3n) is 6.21. The number of carbonyl (C=O) groups excluding carboxylic acids is 2. The van der Waals surface area contributed by atoms with Crippen molar-refractivity contribution < 1.29 is 14.3 Å². The third kappa shape index (κ3) is 8.17. The van der Waals surface area contributed by atoms with Gasteiger partial charge < -0.3 is 15.0 Å². The number of allylic oxidation sites excluding steroid dienone is 8. The molecule has 0 bridgehead atoms. The first kappa shape index (κ1) is 28.0. The molecule has 0 aromatic rings. The number of rotatable bonds is 10. The summed E-state index contributed by atoms with van der Waals surface area (Å²) in [4.78, 5) is 37.2. The Morgan fingerprint density at radius 3 is 2.43 bits per heavy atom. The van der Waals surface area contributed by atoms with E-state index in [1.54, 1.807) is 13.0 Å². The van der Waals surface area contributed by atoms with Gasteiger partial charge in [-0.3, -0.25) is 24.5 Å². The Kier molecular flexibility index (Phi) is 10.9. The van der Waals surface area contributed by atoms with Crippen LogP contribution in [0, 0.1) is 0 Å². The van der Waals surface area contributed by atoms with Gasteiger partial charge in [0.25, 0.3) is 0 Å². The highest BCUT2D eigenvalue weighted by Crippen LogP contribution is 2.19. The van der Waals surface area contributed by atoms with Gasteiger partial charge in [0.05, 0.1) is 24.9 Å². The quantitative estimate of drug-likeness (QED) is 0.380. The summed E-state index contributed by atoms with van der Waals surface area (Å²) in [6.07, 6.45) is 7.34. The number of methoxy groups -OCH3 is 1. The molecular weight excluding hydrogens is 442 g/mol. The van der Waals surface area contributed by atoms with Crippen LogP contribution in [0.3, 0.4) is 0 Å². The molecular formula is C27H39N5O3. The van der Waals surface area contributed by atoms with Gasteiger partial charge in [0.15, 0.2) is 5.78 Å². The maximum atomic E-state index is 12.0. The molecule has 8 nitrogen and oxygen atoms in total.